The van der Waals surface area contributed by atoms with Crippen LogP contribution in [0, 0.1) is 0 Å². The first-order valence-corrected chi connectivity index (χ1v) is 7.16. The summed E-state index contributed by atoms with van der Waals surface area (Å²) in [5, 5.41) is 0. The van der Waals surface area contributed by atoms with Crippen molar-refractivity contribution in [2.24, 2.45) is 5.73 Å². The van der Waals surface area contributed by atoms with Crippen LogP contribution in [0.3, 0.4) is 0 Å². The van der Waals surface area contributed by atoms with Gasteiger partial charge in [-0.2, -0.15) is 0 Å². The Kier molecular flexibility index (Phi) is 7.14. The highest BCUT2D eigenvalue weighted by molar-refractivity contribution is 5.97. The molecule has 0 bridgehead atoms. The van der Waals surface area contributed by atoms with Gasteiger partial charge < -0.3 is 20.3 Å². The first-order chi connectivity index (χ1) is 10.2. The lowest BCUT2D eigenvalue weighted by Crippen LogP contribution is -2.51. The van der Waals surface area contributed by atoms with E-state index in [-0.39, 0.29) is 30.8 Å². The molecule has 0 radical (unpaired) electrons. The van der Waals surface area contributed by atoms with Crippen LogP contribution >= 0.6 is 12.4 Å². The van der Waals surface area contributed by atoms with Crippen LogP contribution in [0.1, 0.15) is 17.3 Å². The fraction of sp³-hybridized carbons (Fsp3) is 0.467. The predicted molar refractivity (Wildman–Crippen MR) is 86.4 cm³/mol. The number of para-hydroxylation sites is 1. The topological polar surface area (TPSA) is 75.9 Å². The number of nitrogens with zero attached hydrogens (tertiary/aromatic N) is 2. The minimum atomic E-state index is -0.0724. The minimum Gasteiger partial charge on any atom is -0.493 e. The van der Waals surface area contributed by atoms with Crippen LogP contribution in [0.25, 0.3) is 0 Å². The summed E-state index contributed by atoms with van der Waals surface area (Å²) in [5.74, 6) is 0.473. The van der Waals surface area contributed by atoms with E-state index in [9.17, 15) is 9.59 Å². The molecule has 0 aliphatic carbocycles. The Morgan fingerprint density at radius 3 is 2.32 bits per heavy atom. The van der Waals surface area contributed by atoms with Crippen LogP contribution in [0.5, 0.6) is 5.75 Å². The van der Waals surface area contributed by atoms with Gasteiger partial charge in [0.2, 0.25) is 5.91 Å². The summed E-state index contributed by atoms with van der Waals surface area (Å²) in [5.41, 5.74) is 5.92. The summed E-state index contributed by atoms with van der Waals surface area (Å²) in [6, 6.07) is 7.24. The van der Waals surface area contributed by atoms with Gasteiger partial charge in [0.05, 0.1) is 18.7 Å². The van der Waals surface area contributed by atoms with Crippen molar-refractivity contribution in [2.45, 2.75) is 6.92 Å². The fourth-order valence-electron chi connectivity index (χ4n) is 2.38. The van der Waals surface area contributed by atoms with E-state index in [2.05, 4.69) is 0 Å². The maximum absolute atomic E-state index is 12.6. The molecule has 22 heavy (non-hydrogen) atoms. The molecule has 0 spiro atoms. The molecule has 1 aromatic carbocycles. The minimum absolute atomic E-state index is 0. The van der Waals surface area contributed by atoms with Gasteiger partial charge in [0.15, 0.2) is 0 Å². The second-order valence-corrected chi connectivity index (χ2v) is 4.81. The van der Waals surface area contributed by atoms with Crippen LogP contribution in [-0.4, -0.2) is 60.9 Å². The van der Waals surface area contributed by atoms with Crippen molar-refractivity contribution < 1.29 is 14.3 Å². The van der Waals surface area contributed by atoms with E-state index in [1.807, 2.05) is 19.1 Å². The van der Waals surface area contributed by atoms with E-state index < -0.39 is 0 Å². The highest BCUT2D eigenvalue weighted by Crippen LogP contribution is 2.20. The Hall–Kier alpha value is -1.79. The summed E-state index contributed by atoms with van der Waals surface area (Å²) in [4.78, 5) is 27.5. The van der Waals surface area contributed by atoms with E-state index in [4.69, 9.17) is 10.5 Å². The lowest BCUT2D eigenvalue weighted by atomic mass is 10.1. The normalized spacial score (nSPS) is 14.3. The number of benzene rings is 1. The first-order valence-electron chi connectivity index (χ1n) is 7.16. The van der Waals surface area contributed by atoms with Crippen LogP contribution in [0.4, 0.5) is 0 Å². The van der Waals surface area contributed by atoms with Crippen molar-refractivity contribution in [3.63, 3.8) is 0 Å². The molecule has 2 rings (SSSR count). The molecule has 122 valence electrons. The number of carbonyl (C=O) groups is 2. The van der Waals surface area contributed by atoms with Crippen molar-refractivity contribution in [2.75, 3.05) is 39.3 Å². The SMILES string of the molecule is CCOc1ccccc1C(=O)N1CCN(C(=O)CN)CC1.Cl. The van der Waals surface area contributed by atoms with E-state index in [1.165, 1.54) is 0 Å². The molecule has 0 atom stereocenters. The number of ether oxygens (including phenoxy) is 1. The molecule has 1 heterocycles. The van der Waals surface area contributed by atoms with Crippen LogP contribution in [0.2, 0.25) is 0 Å². The van der Waals surface area contributed by atoms with E-state index in [0.29, 0.717) is 44.1 Å². The maximum Gasteiger partial charge on any atom is 0.257 e. The van der Waals surface area contributed by atoms with Crippen molar-refractivity contribution in [3.8, 4) is 5.75 Å². The molecule has 2 amide bonds. The smallest absolute Gasteiger partial charge is 0.257 e. The first kappa shape index (κ1) is 18.3. The molecule has 1 saturated heterocycles. The fourth-order valence-corrected chi connectivity index (χ4v) is 2.38. The Morgan fingerprint density at radius 1 is 1.14 bits per heavy atom. The Labute approximate surface area is 136 Å². The van der Waals surface area contributed by atoms with Gasteiger partial charge in [-0.05, 0) is 19.1 Å². The Morgan fingerprint density at radius 2 is 1.73 bits per heavy atom. The van der Waals surface area contributed by atoms with Crippen molar-refractivity contribution in [1.29, 1.82) is 0 Å². The zero-order valence-electron chi connectivity index (χ0n) is 12.7. The number of nitrogens with two attached hydrogens (primary N) is 1. The summed E-state index contributed by atoms with van der Waals surface area (Å²) in [7, 11) is 0. The van der Waals surface area contributed by atoms with Gasteiger partial charge in [-0.25, -0.2) is 0 Å². The summed E-state index contributed by atoms with van der Waals surface area (Å²) in [6.45, 7) is 4.51. The highest BCUT2D eigenvalue weighted by atomic mass is 35.5. The number of hydrogen-bond acceptors (Lipinski definition) is 4. The summed E-state index contributed by atoms with van der Waals surface area (Å²) >= 11 is 0. The van der Waals surface area contributed by atoms with Gasteiger partial charge in [0.25, 0.3) is 5.91 Å². The number of rotatable bonds is 4. The summed E-state index contributed by atoms with van der Waals surface area (Å²) in [6.07, 6.45) is 0. The van der Waals surface area contributed by atoms with Gasteiger partial charge in [-0.3, -0.25) is 9.59 Å². The molecular formula is C15H22ClN3O3. The van der Waals surface area contributed by atoms with Gasteiger partial charge in [0, 0.05) is 26.2 Å². The van der Waals surface area contributed by atoms with E-state index in [1.54, 1.807) is 21.9 Å². The number of halogens is 1. The zero-order valence-corrected chi connectivity index (χ0v) is 13.5. The van der Waals surface area contributed by atoms with Crippen molar-refractivity contribution in [3.05, 3.63) is 29.8 Å². The van der Waals surface area contributed by atoms with Crippen LogP contribution < -0.4 is 10.5 Å². The van der Waals surface area contributed by atoms with Crippen LogP contribution in [-0.2, 0) is 4.79 Å². The Balaban J connectivity index is 0.00000242. The van der Waals surface area contributed by atoms with Crippen molar-refractivity contribution >= 4 is 24.2 Å². The molecular weight excluding hydrogens is 306 g/mol. The molecule has 1 aliphatic rings. The number of piperazine rings is 1. The molecule has 0 aromatic heterocycles. The molecule has 1 aliphatic heterocycles. The van der Waals surface area contributed by atoms with Gasteiger partial charge in [-0.1, -0.05) is 12.1 Å². The third-order valence-electron chi connectivity index (χ3n) is 3.51. The monoisotopic (exact) mass is 327 g/mol. The second-order valence-electron chi connectivity index (χ2n) is 4.81. The standard InChI is InChI=1S/C15H21N3O3.ClH/c1-2-21-13-6-4-3-5-12(13)15(20)18-9-7-17(8-10-18)14(19)11-16;/h3-6H,2,7-11,16H2,1H3;1H. The molecule has 0 saturated carbocycles. The largest absolute Gasteiger partial charge is 0.493 e. The average Bonchev–Trinajstić information content (AvgIpc) is 2.54. The molecule has 1 fully saturated rings. The van der Waals surface area contributed by atoms with E-state index >= 15 is 0 Å². The maximum atomic E-state index is 12.6. The molecule has 7 heteroatoms. The van der Waals surface area contributed by atoms with E-state index in [0.717, 1.165) is 0 Å². The lowest BCUT2D eigenvalue weighted by molar-refractivity contribution is -0.131. The molecule has 1 aromatic rings. The van der Waals surface area contributed by atoms with Gasteiger partial charge in [0.1, 0.15) is 5.75 Å². The average molecular weight is 328 g/mol. The molecule has 2 N–H and O–H groups in total. The predicted octanol–water partition coefficient (Wildman–Crippen LogP) is 0.750. The number of carbonyl (C=O) groups excluding carboxylic acids is 2. The number of hydrogen-bond donors (Lipinski definition) is 1. The second kappa shape index (κ2) is 8.60. The van der Waals surface area contributed by atoms with Crippen LogP contribution in [0.15, 0.2) is 24.3 Å². The zero-order chi connectivity index (χ0) is 15.2. The van der Waals surface area contributed by atoms with Gasteiger partial charge >= 0.3 is 0 Å². The Bertz CT molecular complexity index is 517. The summed E-state index contributed by atoms with van der Waals surface area (Å²) < 4.78 is 5.50. The van der Waals surface area contributed by atoms with Crippen molar-refractivity contribution in [1.82, 2.24) is 9.80 Å². The number of amides is 2. The quantitative estimate of drug-likeness (QED) is 0.885. The third-order valence-corrected chi connectivity index (χ3v) is 3.51. The highest BCUT2D eigenvalue weighted by Gasteiger charge is 2.25. The lowest BCUT2D eigenvalue weighted by Gasteiger charge is -2.34. The molecule has 6 nitrogen and oxygen atoms in total. The third kappa shape index (κ3) is 4.11. The van der Waals surface area contributed by atoms with Gasteiger partial charge in [-0.15, -0.1) is 12.4 Å². The molecule has 0 unspecified atom stereocenters.